The first-order valence-electron chi connectivity index (χ1n) is 3.28. The van der Waals surface area contributed by atoms with Crippen molar-refractivity contribution >= 4 is 22.9 Å². The first-order valence-corrected chi connectivity index (χ1v) is 4.47. The molecular formula is C7H8ClNS. The highest BCUT2D eigenvalue weighted by molar-refractivity contribution is 7.16. The fourth-order valence-corrected chi connectivity index (χ4v) is 2.32. The fraction of sp³-hybridized carbons (Fsp3) is 0.429. The van der Waals surface area contributed by atoms with Crippen molar-refractivity contribution in [1.82, 2.24) is 0 Å². The van der Waals surface area contributed by atoms with Crippen molar-refractivity contribution in [3.63, 3.8) is 0 Å². The molecule has 0 bridgehead atoms. The van der Waals surface area contributed by atoms with Crippen molar-refractivity contribution in [2.45, 2.75) is 18.4 Å². The molecule has 3 heteroatoms. The summed E-state index contributed by atoms with van der Waals surface area (Å²) in [6.07, 6.45) is 1.14. The molecule has 1 nitrogen and oxygen atoms in total. The van der Waals surface area contributed by atoms with E-state index in [1.54, 1.807) is 11.3 Å². The van der Waals surface area contributed by atoms with E-state index in [1.807, 2.05) is 6.07 Å². The van der Waals surface area contributed by atoms with Gasteiger partial charge in [-0.1, -0.05) is 11.6 Å². The van der Waals surface area contributed by atoms with Gasteiger partial charge in [-0.2, -0.15) is 0 Å². The lowest BCUT2D eigenvalue weighted by atomic mass is 10.3. The summed E-state index contributed by atoms with van der Waals surface area (Å²) >= 11 is 7.41. The highest BCUT2D eigenvalue weighted by atomic mass is 35.5. The van der Waals surface area contributed by atoms with Crippen molar-refractivity contribution in [2.75, 3.05) is 0 Å². The number of hydrogen-bond donors (Lipinski definition) is 1. The van der Waals surface area contributed by atoms with Gasteiger partial charge in [-0.15, -0.1) is 11.3 Å². The summed E-state index contributed by atoms with van der Waals surface area (Å²) in [6, 6.07) is 4.41. The van der Waals surface area contributed by atoms with Crippen LogP contribution in [0.5, 0.6) is 0 Å². The van der Waals surface area contributed by atoms with Crippen molar-refractivity contribution in [2.24, 2.45) is 5.73 Å². The van der Waals surface area contributed by atoms with Crippen LogP contribution in [-0.4, -0.2) is 6.04 Å². The Labute approximate surface area is 68.8 Å². The zero-order chi connectivity index (χ0) is 7.14. The summed E-state index contributed by atoms with van der Waals surface area (Å²) in [6.45, 7) is 0. The molecule has 0 saturated heterocycles. The minimum absolute atomic E-state index is 0.398. The summed E-state index contributed by atoms with van der Waals surface area (Å²) in [5.74, 6) is 0.609. The molecular weight excluding hydrogens is 166 g/mol. The second kappa shape index (κ2) is 2.22. The van der Waals surface area contributed by atoms with Gasteiger partial charge < -0.3 is 5.73 Å². The maximum absolute atomic E-state index is 5.76. The highest BCUT2D eigenvalue weighted by Gasteiger charge is 2.35. The van der Waals surface area contributed by atoms with Crippen LogP contribution in [0.1, 0.15) is 17.2 Å². The molecule has 0 amide bonds. The average molecular weight is 174 g/mol. The Kier molecular flexibility index (Phi) is 1.48. The van der Waals surface area contributed by atoms with Crippen molar-refractivity contribution in [3.05, 3.63) is 21.3 Å². The minimum atomic E-state index is 0.398. The van der Waals surface area contributed by atoms with Gasteiger partial charge in [0.2, 0.25) is 0 Å². The van der Waals surface area contributed by atoms with Gasteiger partial charge in [-0.05, 0) is 18.6 Å². The Balaban J connectivity index is 2.20. The van der Waals surface area contributed by atoms with Crippen molar-refractivity contribution < 1.29 is 0 Å². The van der Waals surface area contributed by atoms with Gasteiger partial charge in [0.05, 0.1) is 4.34 Å². The Morgan fingerprint density at radius 1 is 1.60 bits per heavy atom. The third-order valence-electron chi connectivity index (χ3n) is 1.80. The maximum atomic E-state index is 5.76. The van der Waals surface area contributed by atoms with Crippen LogP contribution in [-0.2, 0) is 0 Å². The molecule has 0 aliphatic heterocycles. The molecule has 0 spiro atoms. The summed E-state index contributed by atoms with van der Waals surface area (Å²) in [4.78, 5) is 1.34. The van der Waals surface area contributed by atoms with Crippen LogP contribution < -0.4 is 5.73 Å². The third-order valence-corrected chi connectivity index (χ3v) is 3.16. The predicted octanol–water partition coefficient (Wildman–Crippen LogP) is 2.22. The Morgan fingerprint density at radius 2 is 2.30 bits per heavy atom. The molecule has 1 aliphatic carbocycles. The maximum Gasteiger partial charge on any atom is 0.0931 e. The summed E-state index contributed by atoms with van der Waals surface area (Å²) in [5.41, 5.74) is 5.67. The number of nitrogens with two attached hydrogens (primary N) is 1. The molecule has 10 heavy (non-hydrogen) atoms. The van der Waals surface area contributed by atoms with E-state index in [-0.39, 0.29) is 0 Å². The van der Waals surface area contributed by atoms with Gasteiger partial charge in [0.1, 0.15) is 0 Å². The molecule has 2 atom stereocenters. The largest absolute Gasteiger partial charge is 0.327 e. The third kappa shape index (κ3) is 1.07. The van der Waals surface area contributed by atoms with Gasteiger partial charge in [-0.3, -0.25) is 0 Å². The SMILES string of the molecule is NC1CC1c1ccc(Cl)s1. The number of rotatable bonds is 1. The van der Waals surface area contributed by atoms with E-state index < -0.39 is 0 Å². The average Bonchev–Trinajstić information content (AvgIpc) is 2.42. The zero-order valence-corrected chi connectivity index (χ0v) is 6.95. The van der Waals surface area contributed by atoms with E-state index in [0.29, 0.717) is 12.0 Å². The van der Waals surface area contributed by atoms with Crippen molar-refractivity contribution in [1.29, 1.82) is 0 Å². The van der Waals surface area contributed by atoms with Crippen LogP contribution in [0.25, 0.3) is 0 Å². The van der Waals surface area contributed by atoms with Crippen LogP contribution >= 0.6 is 22.9 Å². The standard InChI is InChI=1S/C7H8ClNS/c8-7-2-1-6(10-7)4-3-5(4)9/h1-2,4-5H,3,9H2. The molecule has 2 rings (SSSR count). The van der Waals surface area contributed by atoms with Crippen LogP contribution in [0.3, 0.4) is 0 Å². The molecule has 1 saturated carbocycles. The smallest absolute Gasteiger partial charge is 0.0931 e. The quantitative estimate of drug-likeness (QED) is 0.693. The number of halogens is 1. The minimum Gasteiger partial charge on any atom is -0.327 e. The molecule has 54 valence electrons. The van der Waals surface area contributed by atoms with Gasteiger partial charge >= 0.3 is 0 Å². The van der Waals surface area contributed by atoms with E-state index in [1.165, 1.54) is 4.88 Å². The van der Waals surface area contributed by atoms with Crippen LogP contribution in [0.15, 0.2) is 12.1 Å². The van der Waals surface area contributed by atoms with Crippen LogP contribution in [0.2, 0.25) is 4.34 Å². The fourth-order valence-electron chi connectivity index (χ4n) is 1.07. The Bertz CT molecular complexity index is 246. The lowest BCUT2D eigenvalue weighted by Crippen LogP contribution is -1.99. The first kappa shape index (κ1) is 6.65. The summed E-state index contributed by atoms with van der Waals surface area (Å²) < 4.78 is 0.870. The van der Waals surface area contributed by atoms with Gasteiger partial charge in [0, 0.05) is 16.8 Å². The van der Waals surface area contributed by atoms with E-state index in [0.717, 1.165) is 10.8 Å². The molecule has 0 radical (unpaired) electrons. The second-order valence-electron chi connectivity index (χ2n) is 2.65. The Hall–Kier alpha value is -0.0500. The molecule has 1 aliphatic rings. The van der Waals surface area contributed by atoms with E-state index in [2.05, 4.69) is 6.07 Å². The molecule has 1 fully saturated rings. The molecule has 0 aromatic carbocycles. The van der Waals surface area contributed by atoms with Gasteiger partial charge in [0.15, 0.2) is 0 Å². The van der Waals surface area contributed by atoms with Gasteiger partial charge in [-0.25, -0.2) is 0 Å². The summed E-state index contributed by atoms with van der Waals surface area (Å²) in [5, 5.41) is 0. The highest BCUT2D eigenvalue weighted by Crippen LogP contribution is 2.43. The molecule has 2 N–H and O–H groups in total. The first-order chi connectivity index (χ1) is 4.77. The van der Waals surface area contributed by atoms with Crippen LogP contribution in [0.4, 0.5) is 0 Å². The second-order valence-corrected chi connectivity index (χ2v) is 4.39. The zero-order valence-electron chi connectivity index (χ0n) is 5.38. The molecule has 2 unspecified atom stereocenters. The normalized spacial score (nSPS) is 30.6. The molecule has 1 heterocycles. The lowest BCUT2D eigenvalue weighted by Gasteiger charge is -1.86. The van der Waals surface area contributed by atoms with E-state index in [4.69, 9.17) is 17.3 Å². The van der Waals surface area contributed by atoms with Crippen molar-refractivity contribution in [3.8, 4) is 0 Å². The predicted molar refractivity (Wildman–Crippen MR) is 44.7 cm³/mol. The topological polar surface area (TPSA) is 26.0 Å². The van der Waals surface area contributed by atoms with E-state index >= 15 is 0 Å². The Morgan fingerprint density at radius 3 is 2.70 bits per heavy atom. The van der Waals surface area contributed by atoms with Crippen LogP contribution in [0, 0.1) is 0 Å². The number of thiophene rings is 1. The molecule has 1 aromatic heterocycles. The monoisotopic (exact) mass is 173 g/mol. The van der Waals surface area contributed by atoms with Gasteiger partial charge in [0.25, 0.3) is 0 Å². The molecule has 1 aromatic rings. The lowest BCUT2D eigenvalue weighted by molar-refractivity contribution is 1.01. The summed E-state index contributed by atoms with van der Waals surface area (Å²) in [7, 11) is 0. The van der Waals surface area contributed by atoms with E-state index in [9.17, 15) is 0 Å². The number of hydrogen-bond acceptors (Lipinski definition) is 2.